The number of amides is 1. The number of carbonyl (C=O) groups excluding carboxylic acids is 1. The summed E-state index contributed by atoms with van der Waals surface area (Å²) in [6, 6.07) is 0. The van der Waals surface area contributed by atoms with Gasteiger partial charge in [0.2, 0.25) is 9.84 Å². The van der Waals surface area contributed by atoms with Crippen LogP contribution in [0.4, 0.5) is 4.79 Å². The first-order valence-corrected chi connectivity index (χ1v) is 8.65. The Hall–Kier alpha value is -1.70. The molecule has 1 aliphatic rings. The average molecular weight is 327 g/mol. The van der Waals surface area contributed by atoms with Crippen LogP contribution in [0.1, 0.15) is 32.9 Å². The number of carbonyl (C=O) groups is 1. The summed E-state index contributed by atoms with van der Waals surface area (Å²) in [5.41, 5.74) is -0.228. The van der Waals surface area contributed by atoms with E-state index in [0.717, 1.165) is 0 Å². The highest BCUT2D eigenvalue weighted by atomic mass is 32.2. The van der Waals surface area contributed by atoms with Crippen molar-refractivity contribution in [2.75, 3.05) is 13.1 Å². The second kappa shape index (κ2) is 5.83. The van der Waals surface area contributed by atoms with E-state index in [1.807, 2.05) is 0 Å². The Morgan fingerprint density at radius 3 is 2.55 bits per heavy atom. The molecule has 7 nitrogen and oxygen atoms in total. The molecule has 0 bridgehead atoms. The smallest absolute Gasteiger partial charge is 0.410 e. The maximum Gasteiger partial charge on any atom is 0.410 e. The predicted octanol–water partition coefficient (Wildman–Crippen LogP) is 1.57. The van der Waals surface area contributed by atoms with Gasteiger partial charge in [-0.2, -0.15) is 0 Å². The van der Waals surface area contributed by atoms with Gasteiger partial charge < -0.3 is 9.64 Å². The van der Waals surface area contributed by atoms with Gasteiger partial charge in [-0.3, -0.25) is 4.98 Å². The number of hydrogen-bond donors (Lipinski definition) is 0. The standard InChI is InChI=1S/C14H21N3O4S/c1-10-12(16-7-6-15-10)22(19,20)11-5-8-17(9-11)13(18)21-14(2,3)4/h6-7,11H,5,8-9H2,1-4H3. The van der Waals surface area contributed by atoms with Crippen LogP contribution in [0.5, 0.6) is 0 Å². The number of aromatic nitrogens is 2. The molecule has 0 saturated carbocycles. The van der Waals surface area contributed by atoms with E-state index in [1.165, 1.54) is 17.3 Å². The second-order valence-corrected chi connectivity index (χ2v) is 8.47. The molecule has 0 aliphatic carbocycles. The Balaban J connectivity index is 2.13. The third kappa shape index (κ3) is 3.55. The molecule has 1 saturated heterocycles. The van der Waals surface area contributed by atoms with Crippen molar-refractivity contribution in [1.29, 1.82) is 0 Å². The van der Waals surface area contributed by atoms with Gasteiger partial charge >= 0.3 is 6.09 Å². The predicted molar refractivity (Wildman–Crippen MR) is 80.2 cm³/mol. The van der Waals surface area contributed by atoms with Gasteiger partial charge in [0.05, 0.1) is 10.9 Å². The van der Waals surface area contributed by atoms with Crippen molar-refractivity contribution in [1.82, 2.24) is 14.9 Å². The van der Waals surface area contributed by atoms with Gasteiger partial charge in [-0.25, -0.2) is 18.2 Å². The topological polar surface area (TPSA) is 89.5 Å². The summed E-state index contributed by atoms with van der Waals surface area (Å²) in [7, 11) is -3.60. The zero-order valence-corrected chi connectivity index (χ0v) is 14.1. The summed E-state index contributed by atoms with van der Waals surface area (Å²) < 4.78 is 30.5. The van der Waals surface area contributed by atoms with Crippen molar-refractivity contribution >= 4 is 15.9 Å². The number of hydrogen-bond acceptors (Lipinski definition) is 6. The largest absolute Gasteiger partial charge is 0.444 e. The highest BCUT2D eigenvalue weighted by molar-refractivity contribution is 7.92. The van der Waals surface area contributed by atoms with Crippen LogP contribution in [0.3, 0.4) is 0 Å². The lowest BCUT2D eigenvalue weighted by molar-refractivity contribution is 0.0295. The lowest BCUT2D eigenvalue weighted by Gasteiger charge is -2.24. The van der Waals surface area contributed by atoms with E-state index >= 15 is 0 Å². The summed E-state index contributed by atoms with van der Waals surface area (Å²) in [6.07, 6.45) is 2.70. The summed E-state index contributed by atoms with van der Waals surface area (Å²) in [5, 5.41) is -0.679. The quantitative estimate of drug-likeness (QED) is 0.819. The lowest BCUT2D eigenvalue weighted by atomic mass is 10.2. The third-order valence-electron chi connectivity index (χ3n) is 3.34. The fourth-order valence-corrected chi connectivity index (χ4v) is 4.09. The summed E-state index contributed by atoms with van der Waals surface area (Å²) in [5.74, 6) is 0. The zero-order valence-electron chi connectivity index (χ0n) is 13.2. The van der Waals surface area contributed by atoms with Crippen LogP contribution in [-0.2, 0) is 14.6 Å². The SMILES string of the molecule is Cc1nccnc1S(=O)(=O)C1CCN(C(=O)OC(C)(C)C)C1. The average Bonchev–Trinajstić information content (AvgIpc) is 2.87. The van der Waals surface area contributed by atoms with Crippen LogP contribution in [0.25, 0.3) is 0 Å². The summed E-state index contributed by atoms with van der Waals surface area (Å²) in [4.78, 5) is 21.4. The van der Waals surface area contributed by atoms with Crippen molar-refractivity contribution in [2.24, 2.45) is 0 Å². The Morgan fingerprint density at radius 1 is 1.32 bits per heavy atom. The van der Waals surface area contributed by atoms with Crippen LogP contribution in [0.2, 0.25) is 0 Å². The Kier molecular flexibility index (Phi) is 4.42. The van der Waals surface area contributed by atoms with Crippen molar-refractivity contribution in [3.05, 3.63) is 18.1 Å². The number of aryl methyl sites for hydroxylation is 1. The minimum Gasteiger partial charge on any atom is -0.444 e. The molecule has 1 unspecified atom stereocenters. The first-order chi connectivity index (χ1) is 10.1. The van der Waals surface area contributed by atoms with E-state index in [2.05, 4.69) is 9.97 Å². The van der Waals surface area contributed by atoms with Crippen molar-refractivity contribution in [2.45, 2.75) is 50.0 Å². The molecule has 1 amide bonds. The minimum atomic E-state index is -3.60. The van der Waals surface area contributed by atoms with Gasteiger partial charge in [-0.1, -0.05) is 0 Å². The van der Waals surface area contributed by atoms with Gasteiger partial charge in [-0.15, -0.1) is 0 Å². The van der Waals surface area contributed by atoms with Crippen LogP contribution in [0, 0.1) is 6.92 Å². The maximum absolute atomic E-state index is 12.6. The molecule has 1 aromatic rings. The summed E-state index contributed by atoms with van der Waals surface area (Å²) >= 11 is 0. The zero-order chi connectivity index (χ0) is 16.5. The molecule has 1 aliphatic heterocycles. The molecular weight excluding hydrogens is 306 g/mol. The number of likely N-dealkylation sites (tertiary alicyclic amines) is 1. The fraction of sp³-hybridized carbons (Fsp3) is 0.643. The van der Waals surface area contributed by atoms with Crippen molar-refractivity contribution in [3.8, 4) is 0 Å². The molecule has 22 heavy (non-hydrogen) atoms. The van der Waals surface area contributed by atoms with Gasteiger partial charge in [-0.05, 0) is 34.1 Å². The van der Waals surface area contributed by atoms with E-state index in [0.29, 0.717) is 18.7 Å². The van der Waals surface area contributed by atoms with E-state index < -0.39 is 26.8 Å². The van der Waals surface area contributed by atoms with Gasteiger partial charge in [0.25, 0.3) is 0 Å². The number of nitrogens with zero attached hydrogens (tertiary/aromatic N) is 3. The molecule has 1 atom stereocenters. The van der Waals surface area contributed by atoms with E-state index in [9.17, 15) is 13.2 Å². The summed E-state index contributed by atoms with van der Waals surface area (Å²) in [6.45, 7) is 7.42. The van der Waals surface area contributed by atoms with E-state index in [1.54, 1.807) is 27.7 Å². The van der Waals surface area contributed by atoms with Gasteiger partial charge in [0.1, 0.15) is 5.60 Å². The van der Waals surface area contributed by atoms with Crippen LogP contribution in [0.15, 0.2) is 17.4 Å². The Morgan fingerprint density at radius 2 is 1.95 bits per heavy atom. The molecule has 1 fully saturated rings. The molecule has 2 heterocycles. The van der Waals surface area contributed by atoms with Gasteiger partial charge in [0, 0.05) is 25.5 Å². The monoisotopic (exact) mass is 327 g/mol. The molecule has 8 heteroatoms. The highest BCUT2D eigenvalue weighted by Gasteiger charge is 2.39. The molecule has 0 N–H and O–H groups in total. The second-order valence-electron chi connectivity index (χ2n) is 6.33. The molecule has 0 aromatic carbocycles. The highest BCUT2D eigenvalue weighted by Crippen LogP contribution is 2.25. The Bertz CT molecular complexity index is 667. The first-order valence-electron chi connectivity index (χ1n) is 7.11. The Labute approximate surface area is 130 Å². The normalized spacial score (nSPS) is 19.3. The molecule has 0 radical (unpaired) electrons. The van der Waals surface area contributed by atoms with Crippen LogP contribution >= 0.6 is 0 Å². The number of ether oxygens (including phenoxy) is 1. The first kappa shape index (κ1) is 16.7. The van der Waals surface area contributed by atoms with Crippen LogP contribution in [-0.4, -0.2) is 53.3 Å². The lowest BCUT2D eigenvalue weighted by Crippen LogP contribution is -2.36. The molecular formula is C14H21N3O4S. The van der Waals surface area contributed by atoms with E-state index in [4.69, 9.17) is 4.74 Å². The fourth-order valence-electron chi connectivity index (χ4n) is 2.31. The molecule has 2 rings (SSSR count). The van der Waals surface area contributed by atoms with Crippen molar-refractivity contribution in [3.63, 3.8) is 0 Å². The maximum atomic E-state index is 12.6. The molecule has 1 aromatic heterocycles. The third-order valence-corrected chi connectivity index (χ3v) is 5.54. The van der Waals surface area contributed by atoms with Gasteiger partial charge in [0.15, 0.2) is 5.03 Å². The van der Waals surface area contributed by atoms with E-state index in [-0.39, 0.29) is 11.6 Å². The molecule has 122 valence electrons. The minimum absolute atomic E-state index is 0.00830. The molecule has 0 spiro atoms. The number of rotatable bonds is 2. The van der Waals surface area contributed by atoms with Crippen molar-refractivity contribution < 1.29 is 17.9 Å². The number of sulfone groups is 1. The van der Waals surface area contributed by atoms with Crippen LogP contribution < -0.4 is 0 Å².